The summed E-state index contributed by atoms with van der Waals surface area (Å²) >= 11 is 0. The van der Waals surface area contributed by atoms with Crippen LogP contribution in [0.25, 0.3) is 5.70 Å². The Morgan fingerprint density at radius 2 is 1.83 bits per heavy atom. The van der Waals surface area contributed by atoms with Crippen LogP contribution in [0, 0.1) is 11.3 Å². The van der Waals surface area contributed by atoms with E-state index in [0.717, 1.165) is 16.7 Å². The molecule has 24 heavy (non-hydrogen) atoms. The number of esters is 1. The molecule has 0 radical (unpaired) electrons. The first-order valence-electron chi connectivity index (χ1n) is 7.48. The summed E-state index contributed by atoms with van der Waals surface area (Å²) in [6.07, 6.45) is 2.88. The summed E-state index contributed by atoms with van der Waals surface area (Å²) < 4.78 is 4.66. The Hall–Kier alpha value is -3.32. The van der Waals surface area contributed by atoms with Crippen LogP contribution in [-0.4, -0.2) is 13.1 Å². The molecule has 4 heteroatoms. The second-order valence-electron chi connectivity index (χ2n) is 5.46. The molecule has 0 heterocycles. The highest BCUT2D eigenvalue weighted by Gasteiger charge is 2.45. The molecular weight excluding hydrogens is 300 g/mol. The minimum atomic E-state index is -1.05. The Bertz CT molecular complexity index is 891. The van der Waals surface area contributed by atoms with Crippen molar-refractivity contribution in [1.82, 2.24) is 0 Å². The molecule has 0 aromatic heterocycles. The molecule has 2 aromatic rings. The largest absolute Gasteiger partial charge is 0.466 e. The van der Waals surface area contributed by atoms with Gasteiger partial charge in [0.15, 0.2) is 0 Å². The van der Waals surface area contributed by atoms with Gasteiger partial charge < -0.3 is 10.5 Å². The molecule has 1 unspecified atom stereocenters. The molecule has 0 amide bonds. The highest BCUT2D eigenvalue weighted by Crippen LogP contribution is 2.49. The van der Waals surface area contributed by atoms with Crippen LogP contribution in [0.1, 0.15) is 16.7 Å². The number of ether oxygens (including phenoxy) is 1. The van der Waals surface area contributed by atoms with Gasteiger partial charge in [0.05, 0.1) is 13.2 Å². The number of carbonyl (C=O) groups is 1. The van der Waals surface area contributed by atoms with Crippen molar-refractivity contribution in [1.29, 1.82) is 5.26 Å². The Morgan fingerprint density at radius 1 is 1.17 bits per heavy atom. The van der Waals surface area contributed by atoms with Gasteiger partial charge in [-0.1, -0.05) is 54.6 Å². The molecule has 0 spiro atoms. The fraction of sp³-hybridized carbons (Fsp3) is 0.100. The van der Waals surface area contributed by atoms with Gasteiger partial charge in [-0.3, -0.25) is 0 Å². The van der Waals surface area contributed by atoms with Crippen molar-refractivity contribution in [3.63, 3.8) is 0 Å². The predicted molar refractivity (Wildman–Crippen MR) is 91.5 cm³/mol. The van der Waals surface area contributed by atoms with Crippen LogP contribution in [0.5, 0.6) is 0 Å². The molecule has 4 nitrogen and oxygen atoms in total. The smallest absolute Gasteiger partial charge is 0.330 e. The minimum Gasteiger partial charge on any atom is -0.466 e. The lowest BCUT2D eigenvalue weighted by atomic mass is 9.73. The molecule has 2 aromatic carbocycles. The Kier molecular flexibility index (Phi) is 3.93. The third-order valence-electron chi connectivity index (χ3n) is 4.28. The number of fused-ring (bicyclic) bond motifs is 1. The number of benzene rings is 2. The first-order valence-corrected chi connectivity index (χ1v) is 7.48. The maximum atomic E-state index is 11.5. The Morgan fingerprint density at radius 3 is 2.50 bits per heavy atom. The lowest BCUT2D eigenvalue weighted by Gasteiger charge is -2.25. The van der Waals surface area contributed by atoms with Gasteiger partial charge in [-0.2, -0.15) is 5.26 Å². The van der Waals surface area contributed by atoms with Crippen LogP contribution >= 0.6 is 0 Å². The summed E-state index contributed by atoms with van der Waals surface area (Å²) in [6.45, 7) is 0. The van der Waals surface area contributed by atoms with E-state index in [-0.39, 0.29) is 0 Å². The van der Waals surface area contributed by atoms with Gasteiger partial charge >= 0.3 is 5.97 Å². The number of carbonyl (C=O) groups excluding carboxylic acids is 1. The number of allylic oxidation sites excluding steroid dienone is 2. The average molecular weight is 316 g/mol. The number of rotatable bonds is 3. The molecule has 0 saturated heterocycles. The van der Waals surface area contributed by atoms with E-state index in [9.17, 15) is 10.1 Å². The SMILES string of the molecule is COC(=O)C=CC1=C(N)c2ccccc2C1(C#N)c1ccccc1. The highest BCUT2D eigenvalue weighted by atomic mass is 16.5. The molecule has 0 bridgehead atoms. The summed E-state index contributed by atoms with van der Waals surface area (Å²) in [4.78, 5) is 11.5. The number of hydrogen-bond donors (Lipinski definition) is 1. The lowest BCUT2D eigenvalue weighted by molar-refractivity contribution is -0.134. The van der Waals surface area contributed by atoms with E-state index >= 15 is 0 Å². The third kappa shape index (κ3) is 2.19. The van der Waals surface area contributed by atoms with E-state index < -0.39 is 11.4 Å². The molecule has 1 aliphatic rings. The zero-order valence-electron chi connectivity index (χ0n) is 13.2. The van der Waals surface area contributed by atoms with E-state index in [1.807, 2.05) is 54.6 Å². The van der Waals surface area contributed by atoms with Gasteiger partial charge in [0.2, 0.25) is 0 Å². The maximum Gasteiger partial charge on any atom is 0.330 e. The zero-order valence-corrected chi connectivity index (χ0v) is 13.2. The van der Waals surface area contributed by atoms with Crippen LogP contribution in [-0.2, 0) is 14.9 Å². The normalized spacial score (nSPS) is 19.2. The molecule has 3 rings (SSSR count). The highest BCUT2D eigenvalue weighted by molar-refractivity contribution is 5.88. The summed E-state index contributed by atoms with van der Waals surface area (Å²) in [7, 11) is 1.31. The van der Waals surface area contributed by atoms with Gasteiger partial charge in [0, 0.05) is 22.9 Å². The molecule has 1 aliphatic carbocycles. The van der Waals surface area contributed by atoms with Gasteiger partial charge in [-0.05, 0) is 17.2 Å². The van der Waals surface area contributed by atoms with Crippen molar-refractivity contribution < 1.29 is 9.53 Å². The van der Waals surface area contributed by atoms with E-state index in [2.05, 4.69) is 10.8 Å². The molecule has 0 aliphatic heterocycles. The first kappa shape index (κ1) is 15.6. The second kappa shape index (κ2) is 6.05. The molecule has 118 valence electrons. The summed E-state index contributed by atoms with van der Waals surface area (Å²) in [5.74, 6) is -0.494. The average Bonchev–Trinajstić information content (AvgIpc) is 2.89. The number of nitrogens with zero attached hydrogens (tertiary/aromatic N) is 1. The topological polar surface area (TPSA) is 76.1 Å². The van der Waals surface area contributed by atoms with Crippen molar-refractivity contribution in [3.05, 3.63) is 89.0 Å². The fourth-order valence-corrected chi connectivity index (χ4v) is 3.16. The molecule has 1 atom stereocenters. The standard InChI is InChI=1S/C20H16N2O2/c1-24-18(23)12-11-17-19(22)15-9-5-6-10-16(15)20(17,13-21)14-7-3-2-4-8-14/h2-12H,22H2,1H3. The van der Waals surface area contributed by atoms with Gasteiger partial charge in [0.1, 0.15) is 5.41 Å². The van der Waals surface area contributed by atoms with E-state index in [4.69, 9.17) is 5.73 Å². The van der Waals surface area contributed by atoms with Crippen molar-refractivity contribution in [2.75, 3.05) is 7.11 Å². The molecule has 0 saturated carbocycles. The first-order chi connectivity index (χ1) is 11.6. The molecule has 0 fully saturated rings. The summed E-state index contributed by atoms with van der Waals surface area (Å²) in [5, 5.41) is 10.1. The maximum absolute atomic E-state index is 11.5. The number of hydrogen-bond acceptors (Lipinski definition) is 4. The number of nitrogens with two attached hydrogens (primary N) is 1. The quantitative estimate of drug-likeness (QED) is 0.698. The lowest BCUT2D eigenvalue weighted by Crippen LogP contribution is -2.26. The number of methoxy groups -OCH3 is 1. The number of nitriles is 1. The Labute approximate surface area is 140 Å². The van der Waals surface area contributed by atoms with Crippen LogP contribution in [0.2, 0.25) is 0 Å². The minimum absolute atomic E-state index is 0.494. The van der Waals surface area contributed by atoms with Gasteiger partial charge in [0.25, 0.3) is 0 Å². The van der Waals surface area contributed by atoms with Crippen LogP contribution in [0.4, 0.5) is 0 Å². The van der Waals surface area contributed by atoms with Crippen LogP contribution in [0.3, 0.4) is 0 Å². The zero-order chi connectivity index (χ0) is 17.2. The summed E-state index contributed by atoms with van der Waals surface area (Å²) in [6, 6.07) is 19.4. The second-order valence-corrected chi connectivity index (χ2v) is 5.46. The van der Waals surface area contributed by atoms with Crippen molar-refractivity contribution in [3.8, 4) is 6.07 Å². The third-order valence-corrected chi connectivity index (χ3v) is 4.28. The molecular formula is C20H16N2O2. The van der Waals surface area contributed by atoms with Crippen LogP contribution in [0.15, 0.2) is 72.3 Å². The fourth-order valence-electron chi connectivity index (χ4n) is 3.16. The van der Waals surface area contributed by atoms with Gasteiger partial charge in [-0.25, -0.2) is 4.79 Å². The van der Waals surface area contributed by atoms with Gasteiger partial charge in [-0.15, -0.1) is 0 Å². The van der Waals surface area contributed by atoms with E-state index in [0.29, 0.717) is 11.3 Å². The monoisotopic (exact) mass is 316 g/mol. The van der Waals surface area contributed by atoms with Crippen molar-refractivity contribution in [2.24, 2.45) is 5.73 Å². The van der Waals surface area contributed by atoms with Crippen molar-refractivity contribution in [2.45, 2.75) is 5.41 Å². The van der Waals surface area contributed by atoms with E-state index in [1.165, 1.54) is 13.2 Å². The predicted octanol–water partition coefficient (Wildman–Crippen LogP) is 2.91. The molecule has 2 N–H and O–H groups in total. The summed E-state index contributed by atoms with van der Waals surface area (Å²) in [5.41, 5.74) is 8.81. The Balaban J connectivity index is 2.29. The van der Waals surface area contributed by atoms with E-state index in [1.54, 1.807) is 6.08 Å². The van der Waals surface area contributed by atoms with Crippen LogP contribution < -0.4 is 5.73 Å². The van der Waals surface area contributed by atoms with Crippen molar-refractivity contribution >= 4 is 11.7 Å².